The summed E-state index contributed by atoms with van der Waals surface area (Å²) < 4.78 is 0. The Morgan fingerprint density at radius 3 is 2.44 bits per heavy atom. The standard InChI is InChI=1S/C18H16N2O5/c21-16(10-13-8-4-5-9-15(13)20(24)25)19-18(17(22)23)11-14(18)12-6-2-1-3-7-12/h1-9,14H,10-11H2,(H,19,21)(H,22,23). The first kappa shape index (κ1) is 16.6. The molecule has 1 aliphatic carbocycles. The van der Waals surface area contributed by atoms with Crippen LogP contribution in [0.1, 0.15) is 23.5 Å². The molecule has 25 heavy (non-hydrogen) atoms. The first-order valence-electron chi connectivity index (χ1n) is 7.75. The highest BCUT2D eigenvalue weighted by molar-refractivity contribution is 5.92. The molecule has 2 N–H and O–H groups in total. The Balaban J connectivity index is 1.76. The lowest BCUT2D eigenvalue weighted by atomic mass is 10.0. The second kappa shape index (κ2) is 6.35. The Bertz CT molecular complexity index is 836. The maximum absolute atomic E-state index is 12.3. The summed E-state index contributed by atoms with van der Waals surface area (Å²) in [6, 6.07) is 15.0. The highest BCUT2D eigenvalue weighted by Gasteiger charge is 2.62. The fourth-order valence-electron chi connectivity index (χ4n) is 3.08. The minimum absolute atomic E-state index is 0.155. The van der Waals surface area contributed by atoms with Crippen LogP contribution in [0.4, 0.5) is 5.69 Å². The van der Waals surface area contributed by atoms with Gasteiger partial charge in [0.1, 0.15) is 5.54 Å². The number of nitrogens with zero attached hydrogens (tertiary/aromatic N) is 1. The molecule has 128 valence electrons. The van der Waals surface area contributed by atoms with Crippen molar-refractivity contribution in [3.8, 4) is 0 Å². The van der Waals surface area contributed by atoms with Crippen LogP contribution in [0.3, 0.4) is 0 Å². The van der Waals surface area contributed by atoms with Crippen LogP contribution in [-0.2, 0) is 16.0 Å². The number of para-hydroxylation sites is 1. The summed E-state index contributed by atoms with van der Waals surface area (Å²) in [5.74, 6) is -1.95. The van der Waals surface area contributed by atoms with E-state index in [4.69, 9.17) is 0 Å². The zero-order chi connectivity index (χ0) is 18.0. The molecule has 3 rings (SSSR count). The van der Waals surface area contributed by atoms with Crippen LogP contribution in [0.25, 0.3) is 0 Å². The van der Waals surface area contributed by atoms with E-state index >= 15 is 0 Å². The number of amides is 1. The van der Waals surface area contributed by atoms with E-state index < -0.39 is 22.3 Å². The van der Waals surface area contributed by atoms with Gasteiger partial charge < -0.3 is 10.4 Å². The summed E-state index contributed by atoms with van der Waals surface area (Å²) >= 11 is 0. The minimum atomic E-state index is -1.35. The number of carboxylic acids is 1. The maximum Gasteiger partial charge on any atom is 0.330 e. The summed E-state index contributed by atoms with van der Waals surface area (Å²) in [6.07, 6.45) is 0.0582. The van der Waals surface area contributed by atoms with Gasteiger partial charge in [-0.1, -0.05) is 48.5 Å². The van der Waals surface area contributed by atoms with Crippen molar-refractivity contribution in [1.29, 1.82) is 0 Å². The molecule has 0 aromatic heterocycles. The van der Waals surface area contributed by atoms with Crippen molar-refractivity contribution in [2.45, 2.75) is 24.3 Å². The van der Waals surface area contributed by atoms with E-state index in [2.05, 4.69) is 5.32 Å². The molecule has 0 saturated heterocycles. The highest BCUT2D eigenvalue weighted by atomic mass is 16.6. The number of hydrogen-bond acceptors (Lipinski definition) is 4. The summed E-state index contributed by atoms with van der Waals surface area (Å²) in [5.41, 5.74) is -0.405. The fraction of sp³-hybridized carbons (Fsp3) is 0.222. The number of carbonyl (C=O) groups is 2. The lowest BCUT2D eigenvalue weighted by Crippen LogP contribution is -2.45. The number of rotatable bonds is 6. The van der Waals surface area contributed by atoms with Crippen molar-refractivity contribution in [3.05, 3.63) is 75.8 Å². The normalized spacial score (nSPS) is 21.4. The first-order valence-corrected chi connectivity index (χ1v) is 7.75. The molecule has 7 nitrogen and oxygen atoms in total. The molecule has 1 amide bonds. The Morgan fingerprint density at radius 1 is 1.16 bits per heavy atom. The van der Waals surface area contributed by atoms with Crippen molar-refractivity contribution >= 4 is 17.6 Å². The quantitative estimate of drug-likeness (QED) is 0.619. The van der Waals surface area contributed by atoms with Gasteiger partial charge in [0.15, 0.2) is 0 Å². The zero-order valence-electron chi connectivity index (χ0n) is 13.2. The molecule has 1 aliphatic rings. The highest BCUT2D eigenvalue weighted by Crippen LogP contribution is 2.51. The van der Waals surface area contributed by atoms with Crippen molar-refractivity contribution in [2.75, 3.05) is 0 Å². The molecule has 1 fully saturated rings. The Labute approximate surface area is 143 Å². The van der Waals surface area contributed by atoms with E-state index in [1.807, 2.05) is 30.3 Å². The molecule has 2 atom stereocenters. The SMILES string of the molecule is O=C(Cc1ccccc1[N+](=O)[O-])NC1(C(=O)O)CC1c1ccccc1. The Kier molecular flexibility index (Phi) is 4.22. The largest absolute Gasteiger partial charge is 0.479 e. The molecule has 2 aromatic rings. The smallest absolute Gasteiger partial charge is 0.330 e. The molecule has 7 heteroatoms. The molecular formula is C18H16N2O5. The third kappa shape index (κ3) is 3.21. The van der Waals surface area contributed by atoms with Crippen LogP contribution in [0.15, 0.2) is 54.6 Å². The van der Waals surface area contributed by atoms with Crippen molar-refractivity contribution in [3.63, 3.8) is 0 Å². The van der Waals surface area contributed by atoms with Gasteiger partial charge in [0, 0.05) is 17.5 Å². The number of carbonyl (C=O) groups excluding carboxylic acids is 1. The van der Waals surface area contributed by atoms with Crippen LogP contribution in [0.2, 0.25) is 0 Å². The average molecular weight is 340 g/mol. The van der Waals surface area contributed by atoms with Crippen LogP contribution < -0.4 is 5.32 Å². The van der Waals surface area contributed by atoms with Crippen molar-refractivity contribution in [1.82, 2.24) is 5.32 Å². The topological polar surface area (TPSA) is 110 Å². The van der Waals surface area contributed by atoms with Gasteiger partial charge in [0.2, 0.25) is 5.91 Å². The number of hydrogen-bond donors (Lipinski definition) is 2. The van der Waals surface area contributed by atoms with Gasteiger partial charge in [-0.2, -0.15) is 0 Å². The second-order valence-electron chi connectivity index (χ2n) is 6.05. The van der Waals surface area contributed by atoms with Crippen molar-refractivity contribution in [2.24, 2.45) is 0 Å². The van der Waals surface area contributed by atoms with Gasteiger partial charge in [-0.25, -0.2) is 4.79 Å². The third-order valence-electron chi connectivity index (χ3n) is 4.45. The van der Waals surface area contributed by atoms with Crippen LogP contribution in [-0.4, -0.2) is 27.4 Å². The van der Waals surface area contributed by atoms with E-state index in [0.717, 1.165) is 5.56 Å². The third-order valence-corrected chi connectivity index (χ3v) is 4.45. The average Bonchev–Trinajstić information content (AvgIpc) is 3.31. The number of benzene rings is 2. The minimum Gasteiger partial charge on any atom is -0.479 e. The molecule has 0 aliphatic heterocycles. The molecule has 1 saturated carbocycles. The van der Waals surface area contributed by atoms with Gasteiger partial charge in [-0.15, -0.1) is 0 Å². The molecule has 0 heterocycles. The van der Waals surface area contributed by atoms with Gasteiger partial charge in [0.05, 0.1) is 11.3 Å². The maximum atomic E-state index is 12.3. The predicted octanol–water partition coefficient (Wildman–Crippen LogP) is 2.26. The molecule has 0 spiro atoms. The van der Waals surface area contributed by atoms with Crippen LogP contribution in [0.5, 0.6) is 0 Å². The summed E-state index contributed by atoms with van der Waals surface area (Å²) in [5, 5.41) is 23.2. The summed E-state index contributed by atoms with van der Waals surface area (Å²) in [6.45, 7) is 0. The van der Waals surface area contributed by atoms with Gasteiger partial charge in [-0.3, -0.25) is 14.9 Å². The molecule has 2 unspecified atom stereocenters. The molecule has 0 bridgehead atoms. The summed E-state index contributed by atoms with van der Waals surface area (Å²) in [4.78, 5) is 34.5. The number of nitro groups is 1. The zero-order valence-corrected chi connectivity index (χ0v) is 13.2. The van der Waals surface area contributed by atoms with E-state index in [-0.39, 0.29) is 23.6 Å². The first-order chi connectivity index (χ1) is 11.9. The Morgan fingerprint density at radius 2 is 1.80 bits per heavy atom. The number of aliphatic carboxylic acids is 1. The monoisotopic (exact) mass is 340 g/mol. The van der Waals surface area contributed by atoms with Crippen LogP contribution >= 0.6 is 0 Å². The van der Waals surface area contributed by atoms with E-state index in [0.29, 0.717) is 6.42 Å². The van der Waals surface area contributed by atoms with Crippen molar-refractivity contribution < 1.29 is 19.6 Å². The lowest BCUT2D eigenvalue weighted by molar-refractivity contribution is -0.385. The van der Waals surface area contributed by atoms with Gasteiger partial charge in [0.25, 0.3) is 5.69 Å². The number of nitrogens with one attached hydrogen (secondary N) is 1. The predicted molar refractivity (Wildman–Crippen MR) is 89.1 cm³/mol. The van der Waals surface area contributed by atoms with Gasteiger partial charge in [-0.05, 0) is 12.0 Å². The summed E-state index contributed by atoms with van der Waals surface area (Å²) in [7, 11) is 0. The van der Waals surface area contributed by atoms with E-state index in [1.54, 1.807) is 6.07 Å². The molecular weight excluding hydrogens is 324 g/mol. The second-order valence-corrected chi connectivity index (χ2v) is 6.05. The van der Waals surface area contributed by atoms with E-state index in [9.17, 15) is 24.8 Å². The molecule has 2 aromatic carbocycles. The number of nitro benzene ring substituents is 1. The van der Waals surface area contributed by atoms with Crippen LogP contribution in [0, 0.1) is 10.1 Å². The number of carboxylic acid groups (broad SMARTS) is 1. The lowest BCUT2D eigenvalue weighted by Gasteiger charge is -2.15. The molecule has 0 radical (unpaired) electrons. The van der Waals surface area contributed by atoms with E-state index in [1.165, 1.54) is 18.2 Å². The van der Waals surface area contributed by atoms with Gasteiger partial charge >= 0.3 is 5.97 Å². The fourth-order valence-corrected chi connectivity index (χ4v) is 3.08. The Hall–Kier alpha value is -3.22.